The summed E-state index contributed by atoms with van der Waals surface area (Å²) in [7, 11) is 1.22. The molecule has 0 fully saturated rings. The third kappa shape index (κ3) is 1.96. The normalized spacial score (nSPS) is 18.3. The van der Waals surface area contributed by atoms with Crippen LogP contribution in [0.2, 0.25) is 0 Å². The van der Waals surface area contributed by atoms with Crippen molar-refractivity contribution in [1.82, 2.24) is 4.90 Å². The van der Waals surface area contributed by atoms with Crippen LogP contribution in [0.4, 0.5) is 0 Å². The summed E-state index contributed by atoms with van der Waals surface area (Å²) in [6.07, 6.45) is -1.19. The first kappa shape index (κ1) is 12.4. The molecule has 0 saturated heterocycles. The average Bonchev–Trinajstić information content (AvgIpc) is 2.41. The van der Waals surface area contributed by atoms with Crippen molar-refractivity contribution in [3.8, 4) is 0 Å². The fourth-order valence-corrected chi connectivity index (χ4v) is 1.40. The number of carbonyl (C=O) groups excluding carboxylic acids is 2. The molecule has 1 atom stereocenters. The van der Waals surface area contributed by atoms with E-state index < -0.39 is 23.9 Å². The zero-order valence-corrected chi connectivity index (χ0v) is 9.31. The van der Waals surface area contributed by atoms with Gasteiger partial charge in [-0.15, -0.1) is 0 Å². The number of rotatable bonds is 4. The number of aliphatic carboxylic acids is 1. The van der Waals surface area contributed by atoms with Gasteiger partial charge in [0, 0.05) is 18.3 Å². The van der Waals surface area contributed by atoms with E-state index in [2.05, 4.69) is 4.74 Å². The Morgan fingerprint density at radius 3 is 2.06 bits per heavy atom. The number of carboxylic acid groups (broad SMARTS) is 1. The van der Waals surface area contributed by atoms with Crippen LogP contribution in [0.5, 0.6) is 0 Å². The van der Waals surface area contributed by atoms with Crippen molar-refractivity contribution in [2.45, 2.75) is 20.0 Å². The van der Waals surface area contributed by atoms with Gasteiger partial charge in [0.15, 0.2) is 6.10 Å². The van der Waals surface area contributed by atoms with Gasteiger partial charge in [-0.1, -0.05) is 0 Å². The molecule has 16 heavy (non-hydrogen) atoms. The lowest BCUT2D eigenvalue weighted by Crippen LogP contribution is -2.42. The van der Waals surface area contributed by atoms with E-state index in [-0.39, 0.29) is 6.54 Å². The average molecular weight is 227 g/mol. The summed E-state index contributed by atoms with van der Waals surface area (Å²) in [5.74, 6) is -2.11. The van der Waals surface area contributed by atoms with Crippen molar-refractivity contribution in [1.29, 1.82) is 0 Å². The molecule has 1 N–H and O–H groups in total. The number of hydrogen-bond donors (Lipinski definition) is 1. The second-order valence-electron chi connectivity index (χ2n) is 3.53. The molecular weight excluding hydrogens is 214 g/mol. The van der Waals surface area contributed by atoms with Crippen LogP contribution >= 0.6 is 0 Å². The van der Waals surface area contributed by atoms with E-state index in [9.17, 15) is 14.4 Å². The summed E-state index contributed by atoms with van der Waals surface area (Å²) in [5.41, 5.74) is 0.704. The maximum absolute atomic E-state index is 11.6. The van der Waals surface area contributed by atoms with Crippen molar-refractivity contribution in [3.05, 3.63) is 11.1 Å². The standard InChI is InChI=1S/C10H13NO5/c1-5-6(2)9(13)11(8(5)12)4-7(16-3)10(14)15/h7H,4H2,1-3H3,(H,14,15). The molecule has 1 aliphatic heterocycles. The quantitative estimate of drug-likeness (QED) is 0.672. The Labute approximate surface area is 92.5 Å². The second-order valence-corrected chi connectivity index (χ2v) is 3.53. The lowest BCUT2D eigenvalue weighted by Gasteiger charge is -2.18. The largest absolute Gasteiger partial charge is 0.479 e. The highest BCUT2D eigenvalue weighted by molar-refractivity contribution is 6.18. The van der Waals surface area contributed by atoms with Gasteiger partial charge in [-0.25, -0.2) is 4.79 Å². The SMILES string of the molecule is COC(CN1C(=O)C(C)=C(C)C1=O)C(=O)O. The molecule has 1 unspecified atom stereocenters. The number of imide groups is 1. The van der Waals surface area contributed by atoms with E-state index >= 15 is 0 Å². The smallest absolute Gasteiger partial charge is 0.334 e. The van der Waals surface area contributed by atoms with Crippen LogP contribution in [0.25, 0.3) is 0 Å². The van der Waals surface area contributed by atoms with Crippen LogP contribution in [-0.4, -0.2) is 47.5 Å². The highest BCUT2D eigenvalue weighted by atomic mass is 16.5. The van der Waals surface area contributed by atoms with Gasteiger partial charge in [0.05, 0.1) is 6.54 Å². The molecule has 88 valence electrons. The first-order chi connectivity index (χ1) is 7.40. The minimum absolute atomic E-state index is 0.266. The summed E-state index contributed by atoms with van der Waals surface area (Å²) in [5, 5.41) is 8.75. The number of carboxylic acids is 1. The highest BCUT2D eigenvalue weighted by Crippen LogP contribution is 2.20. The lowest BCUT2D eigenvalue weighted by atomic mass is 10.2. The zero-order valence-electron chi connectivity index (χ0n) is 9.31. The molecule has 1 aliphatic rings. The Morgan fingerprint density at radius 1 is 1.31 bits per heavy atom. The van der Waals surface area contributed by atoms with E-state index in [1.54, 1.807) is 0 Å². The van der Waals surface area contributed by atoms with Crippen molar-refractivity contribution < 1.29 is 24.2 Å². The predicted octanol–water partition coefficient (Wildman–Crippen LogP) is -0.209. The number of nitrogens with zero attached hydrogens (tertiary/aromatic N) is 1. The maximum Gasteiger partial charge on any atom is 0.334 e. The summed E-state index contributed by atoms with van der Waals surface area (Å²) in [6, 6.07) is 0. The highest BCUT2D eigenvalue weighted by Gasteiger charge is 2.36. The molecule has 0 aromatic heterocycles. The zero-order chi connectivity index (χ0) is 12.5. The summed E-state index contributed by atoms with van der Waals surface area (Å²) in [4.78, 5) is 34.8. The van der Waals surface area contributed by atoms with E-state index in [0.29, 0.717) is 11.1 Å². The number of ether oxygens (including phenoxy) is 1. The number of carbonyl (C=O) groups is 3. The molecule has 6 heteroatoms. The molecule has 0 aliphatic carbocycles. The molecular formula is C10H13NO5. The Hall–Kier alpha value is -1.69. The number of amides is 2. The van der Waals surface area contributed by atoms with Gasteiger partial charge in [-0.3, -0.25) is 14.5 Å². The van der Waals surface area contributed by atoms with Gasteiger partial charge in [0.2, 0.25) is 0 Å². The molecule has 0 radical (unpaired) electrons. The van der Waals surface area contributed by atoms with Crippen LogP contribution in [-0.2, 0) is 19.1 Å². The molecule has 1 rings (SSSR count). The van der Waals surface area contributed by atoms with Gasteiger partial charge in [-0.2, -0.15) is 0 Å². The fraction of sp³-hybridized carbons (Fsp3) is 0.500. The topological polar surface area (TPSA) is 83.9 Å². The van der Waals surface area contributed by atoms with Crippen molar-refractivity contribution in [2.24, 2.45) is 0 Å². The third-order valence-corrected chi connectivity index (χ3v) is 2.60. The van der Waals surface area contributed by atoms with Crippen LogP contribution in [0.3, 0.4) is 0 Å². The number of hydrogen-bond acceptors (Lipinski definition) is 4. The Morgan fingerprint density at radius 2 is 1.75 bits per heavy atom. The Bertz CT molecular complexity index is 361. The molecule has 1 heterocycles. The van der Waals surface area contributed by atoms with Gasteiger partial charge in [-0.05, 0) is 13.8 Å². The van der Waals surface area contributed by atoms with Gasteiger partial charge in [0.1, 0.15) is 0 Å². The lowest BCUT2D eigenvalue weighted by molar-refractivity contribution is -0.152. The molecule has 2 amide bonds. The first-order valence-corrected chi connectivity index (χ1v) is 4.69. The van der Waals surface area contributed by atoms with Crippen molar-refractivity contribution in [2.75, 3.05) is 13.7 Å². The summed E-state index contributed by atoms with van der Waals surface area (Å²) < 4.78 is 4.68. The number of methoxy groups -OCH3 is 1. The summed E-state index contributed by atoms with van der Waals surface area (Å²) in [6.45, 7) is 2.81. The second kappa shape index (κ2) is 4.44. The first-order valence-electron chi connectivity index (χ1n) is 4.69. The summed E-state index contributed by atoms with van der Waals surface area (Å²) >= 11 is 0. The van der Waals surface area contributed by atoms with Crippen LogP contribution in [0.1, 0.15) is 13.8 Å². The fourth-order valence-electron chi connectivity index (χ4n) is 1.40. The van der Waals surface area contributed by atoms with E-state index in [1.165, 1.54) is 21.0 Å². The minimum Gasteiger partial charge on any atom is -0.479 e. The monoisotopic (exact) mass is 227 g/mol. The van der Waals surface area contributed by atoms with Crippen molar-refractivity contribution >= 4 is 17.8 Å². The van der Waals surface area contributed by atoms with E-state index in [0.717, 1.165) is 4.90 Å². The molecule has 6 nitrogen and oxygen atoms in total. The van der Waals surface area contributed by atoms with E-state index in [1.807, 2.05) is 0 Å². The molecule has 0 aromatic rings. The Balaban J connectivity index is 2.82. The van der Waals surface area contributed by atoms with Crippen LogP contribution < -0.4 is 0 Å². The van der Waals surface area contributed by atoms with Crippen LogP contribution in [0.15, 0.2) is 11.1 Å². The molecule has 0 saturated carbocycles. The predicted molar refractivity (Wildman–Crippen MR) is 53.5 cm³/mol. The van der Waals surface area contributed by atoms with Crippen LogP contribution in [0, 0.1) is 0 Å². The van der Waals surface area contributed by atoms with E-state index in [4.69, 9.17) is 5.11 Å². The maximum atomic E-state index is 11.6. The third-order valence-electron chi connectivity index (χ3n) is 2.60. The molecule has 0 spiro atoms. The minimum atomic E-state index is -1.20. The Kier molecular flexibility index (Phi) is 3.44. The molecule has 0 bridgehead atoms. The van der Waals surface area contributed by atoms with Gasteiger partial charge >= 0.3 is 5.97 Å². The van der Waals surface area contributed by atoms with Gasteiger partial charge in [0.25, 0.3) is 11.8 Å². The molecule has 0 aromatic carbocycles. The van der Waals surface area contributed by atoms with Crippen molar-refractivity contribution in [3.63, 3.8) is 0 Å². The van der Waals surface area contributed by atoms with Gasteiger partial charge < -0.3 is 9.84 Å².